The van der Waals surface area contributed by atoms with E-state index in [1.54, 1.807) is 0 Å². The molecule has 0 amide bonds. The van der Waals surface area contributed by atoms with Gasteiger partial charge in [-0.3, -0.25) is 9.59 Å². The molecule has 0 fully saturated rings. The monoisotopic (exact) mass is 396 g/mol. The highest BCUT2D eigenvalue weighted by atomic mass is 16.4. The van der Waals surface area contributed by atoms with E-state index >= 15 is 0 Å². The van der Waals surface area contributed by atoms with Crippen LogP contribution in [-0.4, -0.2) is 43.1 Å². The molecular formula is C21H16O8. The van der Waals surface area contributed by atoms with Gasteiger partial charge >= 0.3 is 5.97 Å². The number of hydrogen-bond donors (Lipinski definition) is 5. The molecule has 0 unspecified atom stereocenters. The standard InChI is InChI=1S/C21H16O8/c22-14-5-3-11(8-16(14)24)18(26)21(7-1-2-13(10-21)20(28)29)19(27)12-4-6-15(23)17(25)9-12/h1-9,22-25H,10H2,(H,28,29). The van der Waals surface area contributed by atoms with E-state index in [-0.39, 0.29) is 16.7 Å². The molecule has 0 aliphatic heterocycles. The van der Waals surface area contributed by atoms with Crippen molar-refractivity contribution in [3.05, 3.63) is 71.3 Å². The third kappa shape index (κ3) is 3.43. The van der Waals surface area contributed by atoms with Crippen LogP contribution in [0, 0.1) is 5.41 Å². The fourth-order valence-corrected chi connectivity index (χ4v) is 3.15. The Labute approximate surface area is 164 Å². The minimum Gasteiger partial charge on any atom is -0.504 e. The molecule has 0 saturated heterocycles. The average Bonchev–Trinajstić information content (AvgIpc) is 2.71. The van der Waals surface area contributed by atoms with Crippen LogP contribution in [0.3, 0.4) is 0 Å². The van der Waals surface area contributed by atoms with E-state index in [0.717, 1.165) is 24.3 Å². The molecule has 8 heteroatoms. The number of hydrogen-bond acceptors (Lipinski definition) is 7. The van der Waals surface area contributed by atoms with Crippen molar-refractivity contribution in [1.82, 2.24) is 0 Å². The van der Waals surface area contributed by atoms with Crippen LogP contribution in [0.15, 0.2) is 60.2 Å². The first-order chi connectivity index (χ1) is 13.7. The summed E-state index contributed by atoms with van der Waals surface area (Å²) < 4.78 is 0. The molecule has 5 N–H and O–H groups in total. The predicted molar refractivity (Wildman–Crippen MR) is 100 cm³/mol. The van der Waals surface area contributed by atoms with Crippen LogP contribution in [0.2, 0.25) is 0 Å². The zero-order valence-corrected chi connectivity index (χ0v) is 14.9. The number of carbonyl (C=O) groups is 3. The predicted octanol–water partition coefficient (Wildman–Crippen LogP) is 2.53. The van der Waals surface area contributed by atoms with Gasteiger partial charge in [-0.25, -0.2) is 4.79 Å². The minimum atomic E-state index is -1.96. The molecule has 0 heterocycles. The van der Waals surface area contributed by atoms with Gasteiger partial charge < -0.3 is 25.5 Å². The summed E-state index contributed by atoms with van der Waals surface area (Å²) in [6.07, 6.45) is 3.35. The Kier molecular flexibility index (Phi) is 4.86. The fraction of sp³-hybridized carbons (Fsp3) is 0.0952. The Bertz CT molecular complexity index is 1030. The summed E-state index contributed by atoms with van der Waals surface area (Å²) in [5, 5.41) is 47.8. The van der Waals surface area contributed by atoms with E-state index < -0.39 is 52.4 Å². The van der Waals surface area contributed by atoms with Crippen LogP contribution in [0.25, 0.3) is 0 Å². The van der Waals surface area contributed by atoms with Crippen LogP contribution in [-0.2, 0) is 4.79 Å². The Morgan fingerprint density at radius 3 is 1.66 bits per heavy atom. The third-order valence-corrected chi connectivity index (χ3v) is 4.71. The van der Waals surface area contributed by atoms with E-state index in [1.165, 1.54) is 30.4 Å². The molecule has 0 atom stereocenters. The lowest BCUT2D eigenvalue weighted by Crippen LogP contribution is -2.40. The topological polar surface area (TPSA) is 152 Å². The van der Waals surface area contributed by atoms with Gasteiger partial charge in [0.25, 0.3) is 0 Å². The molecule has 8 nitrogen and oxygen atoms in total. The molecule has 1 aliphatic carbocycles. The van der Waals surface area contributed by atoms with Gasteiger partial charge in [0.1, 0.15) is 5.41 Å². The van der Waals surface area contributed by atoms with Gasteiger partial charge in [0.05, 0.1) is 0 Å². The van der Waals surface area contributed by atoms with Crippen molar-refractivity contribution in [2.24, 2.45) is 5.41 Å². The molecule has 3 rings (SSSR count). The lowest BCUT2D eigenvalue weighted by molar-refractivity contribution is -0.132. The number of ketones is 2. The normalized spacial score (nSPS) is 14.8. The number of rotatable bonds is 5. The van der Waals surface area contributed by atoms with Gasteiger partial charge in [0, 0.05) is 23.1 Å². The number of phenolic OH excluding ortho intramolecular Hbond substituents is 4. The molecule has 148 valence electrons. The van der Waals surface area contributed by atoms with E-state index in [4.69, 9.17) is 0 Å². The summed E-state index contributed by atoms with van der Waals surface area (Å²) in [4.78, 5) is 38.1. The molecule has 0 radical (unpaired) electrons. The van der Waals surface area contributed by atoms with E-state index in [1.807, 2.05) is 0 Å². The molecule has 1 aliphatic rings. The van der Waals surface area contributed by atoms with Crippen molar-refractivity contribution in [2.75, 3.05) is 0 Å². The molecule has 0 saturated carbocycles. The maximum atomic E-state index is 13.3. The van der Waals surface area contributed by atoms with E-state index in [2.05, 4.69) is 0 Å². The highest BCUT2D eigenvalue weighted by Gasteiger charge is 2.46. The van der Waals surface area contributed by atoms with Crippen LogP contribution in [0.1, 0.15) is 27.1 Å². The fourth-order valence-electron chi connectivity index (χ4n) is 3.15. The quantitative estimate of drug-likeness (QED) is 0.294. The number of benzene rings is 2. The first-order valence-corrected chi connectivity index (χ1v) is 8.41. The summed E-state index contributed by atoms with van der Waals surface area (Å²) in [6.45, 7) is 0. The van der Waals surface area contributed by atoms with Crippen LogP contribution >= 0.6 is 0 Å². The van der Waals surface area contributed by atoms with Crippen molar-refractivity contribution in [3.8, 4) is 23.0 Å². The minimum absolute atomic E-state index is 0.118. The first kappa shape index (κ1) is 19.7. The second-order valence-corrected chi connectivity index (χ2v) is 6.57. The lowest BCUT2D eigenvalue weighted by atomic mass is 9.68. The molecule has 0 spiro atoms. The molecule has 2 aromatic carbocycles. The van der Waals surface area contributed by atoms with Crippen LogP contribution in [0.4, 0.5) is 0 Å². The Balaban J connectivity index is 2.15. The van der Waals surface area contributed by atoms with Gasteiger partial charge in [0.2, 0.25) is 0 Å². The molecule has 0 bridgehead atoms. The van der Waals surface area contributed by atoms with Crippen LogP contribution in [0.5, 0.6) is 23.0 Å². The largest absolute Gasteiger partial charge is 0.504 e. The molecular weight excluding hydrogens is 380 g/mol. The molecule has 0 aromatic heterocycles. The number of carbonyl (C=O) groups excluding carboxylic acids is 2. The molecule has 29 heavy (non-hydrogen) atoms. The number of Topliss-reactive ketones (excluding diaryl/α,β-unsaturated/α-hetero) is 2. The van der Waals surface area contributed by atoms with Crippen molar-refractivity contribution >= 4 is 17.5 Å². The Morgan fingerprint density at radius 2 is 1.24 bits per heavy atom. The first-order valence-electron chi connectivity index (χ1n) is 8.41. The number of carboxylic acids is 1. The number of aromatic hydroxyl groups is 4. The second kappa shape index (κ2) is 7.16. The van der Waals surface area contributed by atoms with E-state index in [9.17, 15) is 39.9 Å². The smallest absolute Gasteiger partial charge is 0.331 e. The summed E-state index contributed by atoms with van der Waals surface area (Å²) in [5.74, 6) is -4.97. The maximum absolute atomic E-state index is 13.3. The Hall–Kier alpha value is -4.07. The Morgan fingerprint density at radius 1 is 0.759 bits per heavy atom. The van der Waals surface area contributed by atoms with Gasteiger partial charge in [-0.1, -0.05) is 18.2 Å². The zero-order chi connectivity index (χ0) is 21.3. The maximum Gasteiger partial charge on any atom is 0.331 e. The van der Waals surface area contributed by atoms with Gasteiger partial charge in [-0.2, -0.15) is 0 Å². The van der Waals surface area contributed by atoms with Crippen molar-refractivity contribution in [2.45, 2.75) is 6.42 Å². The lowest BCUT2D eigenvalue weighted by Gasteiger charge is -2.30. The van der Waals surface area contributed by atoms with Crippen molar-refractivity contribution in [1.29, 1.82) is 0 Å². The highest BCUT2D eigenvalue weighted by molar-refractivity contribution is 6.22. The summed E-state index contributed by atoms with van der Waals surface area (Å²) >= 11 is 0. The SMILES string of the molecule is O=C(O)C1=CC=CC(C(=O)c2ccc(O)c(O)c2)(C(=O)c2ccc(O)c(O)c2)C1. The number of aliphatic carboxylic acids is 1. The third-order valence-electron chi connectivity index (χ3n) is 4.71. The van der Waals surface area contributed by atoms with E-state index in [0.29, 0.717) is 0 Å². The average molecular weight is 396 g/mol. The summed E-state index contributed by atoms with van der Waals surface area (Å²) in [7, 11) is 0. The van der Waals surface area contributed by atoms with Gasteiger partial charge in [-0.15, -0.1) is 0 Å². The summed E-state index contributed by atoms with van der Waals surface area (Å²) in [5.41, 5.74) is -2.38. The zero-order valence-electron chi connectivity index (χ0n) is 14.9. The van der Waals surface area contributed by atoms with Gasteiger partial charge in [-0.05, 0) is 36.4 Å². The van der Waals surface area contributed by atoms with Crippen LogP contribution < -0.4 is 0 Å². The highest BCUT2D eigenvalue weighted by Crippen LogP contribution is 2.41. The number of phenols is 4. The second-order valence-electron chi connectivity index (χ2n) is 6.57. The van der Waals surface area contributed by atoms with Gasteiger partial charge in [0.15, 0.2) is 34.6 Å². The van der Waals surface area contributed by atoms with Crippen molar-refractivity contribution in [3.63, 3.8) is 0 Å². The summed E-state index contributed by atoms with van der Waals surface area (Å²) in [6, 6.07) is 6.52. The molecule has 2 aromatic rings. The van der Waals surface area contributed by atoms with Crippen molar-refractivity contribution < 1.29 is 39.9 Å². The number of allylic oxidation sites excluding steroid dienone is 3. The number of carboxylic acid groups (broad SMARTS) is 1.